The van der Waals surface area contributed by atoms with Crippen molar-refractivity contribution in [3.05, 3.63) is 52.5 Å². The molecule has 1 aromatic carbocycles. The van der Waals surface area contributed by atoms with Gasteiger partial charge in [-0.3, -0.25) is 4.90 Å². The lowest BCUT2D eigenvalue weighted by atomic mass is 10.2. The second kappa shape index (κ2) is 9.39. The summed E-state index contributed by atoms with van der Waals surface area (Å²) in [5, 5.41) is 7.54. The third-order valence-corrected chi connectivity index (χ3v) is 6.29. The summed E-state index contributed by atoms with van der Waals surface area (Å²) in [6, 6.07) is 8.64. The van der Waals surface area contributed by atoms with Crippen molar-refractivity contribution in [2.24, 2.45) is 0 Å². The number of ether oxygens (including phenoxy) is 2. The average molecular weight is 421 g/mol. The molecule has 31 heavy (non-hydrogen) atoms. The first-order valence-corrected chi connectivity index (χ1v) is 11.5. The van der Waals surface area contributed by atoms with Gasteiger partial charge < -0.3 is 14.4 Å². The van der Waals surface area contributed by atoms with E-state index in [1.54, 1.807) is 0 Å². The molecule has 1 atom stereocenters. The van der Waals surface area contributed by atoms with E-state index in [0.717, 1.165) is 76.9 Å². The Kier molecular flexibility index (Phi) is 6.20. The van der Waals surface area contributed by atoms with Gasteiger partial charge in [-0.2, -0.15) is 0 Å². The van der Waals surface area contributed by atoms with Gasteiger partial charge in [0.15, 0.2) is 5.82 Å². The predicted molar refractivity (Wildman–Crippen MR) is 124 cm³/mol. The van der Waals surface area contributed by atoms with Crippen LogP contribution in [-0.4, -0.2) is 73.3 Å². The van der Waals surface area contributed by atoms with Gasteiger partial charge in [0, 0.05) is 37.9 Å². The van der Waals surface area contributed by atoms with Crippen molar-refractivity contribution in [2.75, 3.05) is 57.4 Å². The van der Waals surface area contributed by atoms with Crippen LogP contribution in [0.3, 0.4) is 0 Å². The summed E-state index contributed by atoms with van der Waals surface area (Å²) in [4.78, 5) is 4.87. The molecule has 3 aliphatic rings. The lowest BCUT2D eigenvalue weighted by molar-refractivity contribution is -0.0173. The first-order valence-electron chi connectivity index (χ1n) is 11.5. The van der Waals surface area contributed by atoms with E-state index < -0.39 is 0 Å². The van der Waals surface area contributed by atoms with Gasteiger partial charge in [0.05, 0.1) is 37.0 Å². The number of benzene rings is 1. The Morgan fingerprint density at radius 3 is 2.71 bits per heavy atom. The fourth-order valence-corrected chi connectivity index (χ4v) is 4.57. The molecule has 0 N–H and O–H groups in total. The summed E-state index contributed by atoms with van der Waals surface area (Å²) in [6.45, 7) is 9.17. The van der Waals surface area contributed by atoms with Crippen molar-refractivity contribution in [1.82, 2.24) is 14.7 Å². The Labute approximate surface area is 184 Å². The van der Waals surface area contributed by atoms with Gasteiger partial charge in [0.1, 0.15) is 0 Å². The molecule has 1 aromatic heterocycles. The molecular formula is C25H32N4O2. The average Bonchev–Trinajstić information content (AvgIpc) is 3.12. The predicted octanol–water partition coefficient (Wildman–Crippen LogP) is 1.63. The van der Waals surface area contributed by atoms with Crippen LogP contribution >= 0.6 is 0 Å². The van der Waals surface area contributed by atoms with Crippen molar-refractivity contribution in [1.29, 1.82) is 0 Å². The third kappa shape index (κ3) is 4.61. The summed E-state index contributed by atoms with van der Waals surface area (Å²) < 4.78 is 13.7. The Morgan fingerprint density at radius 1 is 1.03 bits per heavy atom. The van der Waals surface area contributed by atoms with Crippen LogP contribution in [0.2, 0.25) is 0 Å². The number of hydrogen-bond donors (Lipinski definition) is 0. The highest BCUT2D eigenvalue weighted by Crippen LogP contribution is 2.15. The van der Waals surface area contributed by atoms with E-state index in [2.05, 4.69) is 70.0 Å². The van der Waals surface area contributed by atoms with Crippen molar-refractivity contribution in [3.63, 3.8) is 0 Å². The highest BCUT2D eigenvalue weighted by Gasteiger charge is 2.26. The van der Waals surface area contributed by atoms with E-state index in [1.165, 1.54) is 16.1 Å². The zero-order chi connectivity index (χ0) is 21.0. The molecule has 2 fully saturated rings. The third-order valence-electron chi connectivity index (χ3n) is 6.29. The van der Waals surface area contributed by atoms with Gasteiger partial charge in [-0.25, -0.2) is 4.68 Å². The van der Waals surface area contributed by atoms with E-state index in [9.17, 15) is 0 Å². The van der Waals surface area contributed by atoms with Gasteiger partial charge in [-0.15, -0.1) is 5.10 Å². The first-order chi connectivity index (χ1) is 15.3. The maximum Gasteiger partial charge on any atom is 0.159 e. The Morgan fingerprint density at radius 2 is 1.87 bits per heavy atom. The molecule has 1 unspecified atom stereocenters. The standard InChI is InChI=1S/C25H32N4O2/c1-20-8-10-21(11-9-20)29-24-7-5-3-2-4-6-23(24)25(26-29)28-14-17-31-22(19-28)18-27-12-15-30-16-13-27/h2,4,6-11,22H,3,5,12-19H2,1H3/b4-2+,23-6+,24-7+. The highest BCUT2D eigenvalue weighted by atomic mass is 16.5. The summed E-state index contributed by atoms with van der Waals surface area (Å²) in [6.07, 6.45) is 11.3. The Bertz CT molecular complexity index is 1030. The van der Waals surface area contributed by atoms with Crippen molar-refractivity contribution < 1.29 is 9.47 Å². The Hall–Kier alpha value is -2.41. The number of fused-ring (bicyclic) bond motifs is 1. The van der Waals surface area contributed by atoms with Crippen LogP contribution in [0.4, 0.5) is 5.82 Å². The molecule has 0 saturated carbocycles. The summed E-state index contributed by atoms with van der Waals surface area (Å²) >= 11 is 0. The minimum Gasteiger partial charge on any atom is -0.379 e. The molecule has 5 rings (SSSR count). The summed E-state index contributed by atoms with van der Waals surface area (Å²) in [5.74, 6) is 1.06. The van der Waals surface area contributed by atoms with Gasteiger partial charge >= 0.3 is 0 Å². The van der Waals surface area contributed by atoms with Crippen LogP contribution in [0.1, 0.15) is 18.4 Å². The van der Waals surface area contributed by atoms with Gasteiger partial charge in [0.2, 0.25) is 0 Å². The fourth-order valence-electron chi connectivity index (χ4n) is 4.57. The molecule has 6 nitrogen and oxygen atoms in total. The smallest absolute Gasteiger partial charge is 0.159 e. The normalized spacial score (nSPS) is 25.5. The van der Waals surface area contributed by atoms with E-state index in [0.29, 0.717) is 0 Å². The monoisotopic (exact) mass is 420 g/mol. The number of nitrogens with zero attached hydrogens (tertiary/aromatic N) is 4. The molecule has 2 aromatic rings. The maximum absolute atomic E-state index is 6.14. The Balaban J connectivity index is 1.48. The minimum absolute atomic E-state index is 0.195. The molecule has 164 valence electrons. The van der Waals surface area contributed by atoms with E-state index in [4.69, 9.17) is 14.6 Å². The second-order valence-electron chi connectivity index (χ2n) is 8.60. The minimum atomic E-state index is 0.195. The number of rotatable bonds is 4. The number of morpholine rings is 2. The topological polar surface area (TPSA) is 42.8 Å². The van der Waals surface area contributed by atoms with Gasteiger partial charge in [0.25, 0.3) is 0 Å². The lowest BCUT2D eigenvalue weighted by Crippen LogP contribution is -2.51. The van der Waals surface area contributed by atoms with Gasteiger partial charge in [-0.05, 0) is 38.0 Å². The molecule has 0 radical (unpaired) electrons. The molecule has 0 amide bonds. The van der Waals surface area contributed by atoms with Crippen LogP contribution in [0.25, 0.3) is 17.8 Å². The molecule has 0 spiro atoms. The van der Waals surface area contributed by atoms with Crippen LogP contribution in [-0.2, 0) is 9.47 Å². The van der Waals surface area contributed by atoms with Crippen LogP contribution in [0.5, 0.6) is 0 Å². The van der Waals surface area contributed by atoms with E-state index in [-0.39, 0.29) is 6.10 Å². The summed E-state index contributed by atoms with van der Waals surface area (Å²) in [5.41, 5.74) is 2.37. The quantitative estimate of drug-likeness (QED) is 0.752. The van der Waals surface area contributed by atoms with Crippen molar-refractivity contribution in [3.8, 4) is 5.69 Å². The SMILES string of the molecule is Cc1ccc(-n2nc(N3CCOC(CN4CCOCC4)C3)c3/c2=C\CC\C=C\C=3)cc1. The zero-order valence-corrected chi connectivity index (χ0v) is 18.4. The molecule has 2 saturated heterocycles. The highest BCUT2D eigenvalue weighted by molar-refractivity contribution is 5.54. The maximum atomic E-state index is 6.14. The number of aryl methyl sites for hydroxylation is 1. The molecule has 2 aliphatic heterocycles. The van der Waals surface area contributed by atoms with Crippen LogP contribution < -0.4 is 15.5 Å². The number of anilines is 1. The molecule has 0 bridgehead atoms. The number of hydrogen-bond acceptors (Lipinski definition) is 5. The molecule has 6 heteroatoms. The van der Waals surface area contributed by atoms with Crippen LogP contribution in [0, 0.1) is 6.92 Å². The number of aromatic nitrogens is 2. The molecular weight excluding hydrogens is 388 g/mol. The van der Waals surface area contributed by atoms with Crippen LogP contribution in [0.15, 0.2) is 36.4 Å². The first kappa shape index (κ1) is 20.5. The molecule has 1 aliphatic carbocycles. The van der Waals surface area contributed by atoms with Gasteiger partial charge in [-0.1, -0.05) is 35.9 Å². The zero-order valence-electron chi connectivity index (χ0n) is 18.4. The number of allylic oxidation sites excluding steroid dienone is 2. The largest absolute Gasteiger partial charge is 0.379 e. The van der Waals surface area contributed by atoms with E-state index >= 15 is 0 Å². The lowest BCUT2D eigenvalue weighted by Gasteiger charge is -2.37. The fraction of sp³-hybridized carbons (Fsp3) is 0.480. The second-order valence-corrected chi connectivity index (χ2v) is 8.60. The summed E-state index contributed by atoms with van der Waals surface area (Å²) in [7, 11) is 0. The van der Waals surface area contributed by atoms with Crippen molar-refractivity contribution in [2.45, 2.75) is 25.9 Å². The molecule has 3 heterocycles. The van der Waals surface area contributed by atoms with E-state index in [1.807, 2.05) is 0 Å². The van der Waals surface area contributed by atoms with Crippen molar-refractivity contribution >= 4 is 18.0 Å².